The molecule has 0 aliphatic carbocycles. The van der Waals surface area contributed by atoms with Gasteiger partial charge in [0.1, 0.15) is 11.6 Å². The molecule has 4 rings (SSSR count). The number of halogens is 1. The Morgan fingerprint density at radius 3 is 2.70 bits per heavy atom. The molecule has 0 bridgehead atoms. The molecular formula is C23H21FN2O4. The first-order valence-corrected chi connectivity index (χ1v) is 9.57. The van der Waals surface area contributed by atoms with Crippen molar-refractivity contribution >= 4 is 11.6 Å². The minimum absolute atomic E-state index is 0.237. The van der Waals surface area contributed by atoms with Gasteiger partial charge < -0.3 is 18.9 Å². The lowest BCUT2D eigenvalue weighted by Crippen LogP contribution is -2.37. The molecule has 2 aromatic carbocycles. The normalized spacial score (nSPS) is 15.4. The Morgan fingerprint density at radius 2 is 1.97 bits per heavy atom. The third-order valence-electron chi connectivity index (χ3n) is 4.88. The summed E-state index contributed by atoms with van der Waals surface area (Å²) in [6.45, 7) is 0.600. The van der Waals surface area contributed by atoms with E-state index in [4.69, 9.17) is 14.0 Å². The van der Waals surface area contributed by atoms with E-state index in [2.05, 4.69) is 5.16 Å². The Hall–Kier alpha value is -3.61. The number of hydrogen-bond acceptors (Lipinski definition) is 5. The number of ether oxygens (including phenoxy) is 1. The van der Waals surface area contributed by atoms with Crippen LogP contribution >= 0.6 is 0 Å². The number of para-hydroxylation sites is 1. The molecule has 3 aromatic rings. The molecule has 0 spiro atoms. The first-order chi connectivity index (χ1) is 14.6. The summed E-state index contributed by atoms with van der Waals surface area (Å²) in [5.41, 5.74) is 2.44. The Balaban J connectivity index is 1.49. The monoisotopic (exact) mass is 408 g/mol. The number of rotatable bonds is 7. The average molecular weight is 408 g/mol. The van der Waals surface area contributed by atoms with Gasteiger partial charge in [0.25, 0.3) is 5.91 Å². The molecule has 1 unspecified atom stereocenters. The average Bonchev–Trinajstić information content (AvgIpc) is 3.47. The van der Waals surface area contributed by atoms with E-state index < -0.39 is 0 Å². The van der Waals surface area contributed by atoms with E-state index in [0.29, 0.717) is 19.5 Å². The van der Waals surface area contributed by atoms with Gasteiger partial charge in [-0.05, 0) is 42.0 Å². The third-order valence-corrected chi connectivity index (χ3v) is 4.88. The molecule has 0 fully saturated rings. The Kier molecular flexibility index (Phi) is 5.79. The summed E-state index contributed by atoms with van der Waals surface area (Å²) >= 11 is 0. The smallest absolute Gasteiger partial charge is 0.289 e. The second-order valence-corrected chi connectivity index (χ2v) is 6.96. The predicted octanol–water partition coefficient (Wildman–Crippen LogP) is 4.26. The second-order valence-electron chi connectivity index (χ2n) is 6.96. The van der Waals surface area contributed by atoms with Gasteiger partial charge in [0.05, 0.1) is 25.6 Å². The summed E-state index contributed by atoms with van der Waals surface area (Å²) in [6, 6.07) is 16.9. The Bertz CT molecular complexity index is 1030. The maximum atomic E-state index is 13.3. The van der Waals surface area contributed by atoms with Crippen molar-refractivity contribution in [1.82, 2.24) is 4.90 Å². The number of amides is 1. The van der Waals surface area contributed by atoms with Crippen LogP contribution in [0.4, 0.5) is 4.39 Å². The highest BCUT2D eigenvalue weighted by Crippen LogP contribution is 2.25. The van der Waals surface area contributed by atoms with Crippen LogP contribution in [-0.2, 0) is 11.4 Å². The minimum atomic E-state index is -0.323. The highest BCUT2D eigenvalue weighted by atomic mass is 19.1. The van der Waals surface area contributed by atoms with Crippen LogP contribution in [-0.4, -0.2) is 36.3 Å². The molecule has 154 valence electrons. The van der Waals surface area contributed by atoms with Gasteiger partial charge >= 0.3 is 0 Å². The largest absolute Gasteiger partial charge is 0.496 e. The third kappa shape index (κ3) is 4.35. The molecule has 0 saturated heterocycles. The lowest BCUT2D eigenvalue weighted by Gasteiger charge is -2.24. The van der Waals surface area contributed by atoms with Crippen LogP contribution in [0.2, 0.25) is 0 Å². The number of carbonyl (C=O) groups excluding carboxylic acids is 1. The number of oxime groups is 1. The molecule has 7 heteroatoms. The van der Waals surface area contributed by atoms with Crippen molar-refractivity contribution in [3.63, 3.8) is 0 Å². The topological polar surface area (TPSA) is 64.3 Å². The van der Waals surface area contributed by atoms with Gasteiger partial charge in [0.2, 0.25) is 0 Å². The summed E-state index contributed by atoms with van der Waals surface area (Å²) in [4.78, 5) is 20.2. The summed E-state index contributed by atoms with van der Waals surface area (Å²) < 4.78 is 23.9. The lowest BCUT2D eigenvalue weighted by atomic mass is 10.0. The standard InChI is InChI=1S/C23H21FN2O4/c1-28-21-6-3-2-5-19(21)20-13-18(30-25-20)15-26(23(27)22-7-4-12-29-22)14-16-8-10-17(24)11-9-16/h2-12,18H,13-15H2,1H3. The minimum Gasteiger partial charge on any atom is -0.496 e. The quantitative estimate of drug-likeness (QED) is 0.586. The molecule has 30 heavy (non-hydrogen) atoms. The van der Waals surface area contributed by atoms with Crippen LogP contribution in [0, 0.1) is 5.82 Å². The van der Waals surface area contributed by atoms with Crippen molar-refractivity contribution in [2.24, 2.45) is 5.16 Å². The van der Waals surface area contributed by atoms with Crippen molar-refractivity contribution in [2.45, 2.75) is 19.1 Å². The van der Waals surface area contributed by atoms with Crippen LogP contribution in [0.1, 0.15) is 28.1 Å². The van der Waals surface area contributed by atoms with Gasteiger partial charge in [0, 0.05) is 18.5 Å². The molecular weight excluding hydrogens is 387 g/mol. The van der Waals surface area contributed by atoms with E-state index in [0.717, 1.165) is 22.6 Å². The molecule has 1 aliphatic rings. The molecule has 2 heterocycles. The van der Waals surface area contributed by atoms with Gasteiger partial charge in [-0.3, -0.25) is 4.79 Å². The van der Waals surface area contributed by atoms with Crippen molar-refractivity contribution in [2.75, 3.05) is 13.7 Å². The van der Waals surface area contributed by atoms with E-state index in [1.165, 1.54) is 18.4 Å². The maximum absolute atomic E-state index is 13.3. The van der Waals surface area contributed by atoms with E-state index in [9.17, 15) is 9.18 Å². The fourth-order valence-corrected chi connectivity index (χ4v) is 3.40. The zero-order valence-electron chi connectivity index (χ0n) is 16.5. The zero-order valence-corrected chi connectivity index (χ0v) is 16.5. The maximum Gasteiger partial charge on any atom is 0.289 e. The first-order valence-electron chi connectivity index (χ1n) is 9.57. The molecule has 1 aliphatic heterocycles. The van der Waals surface area contributed by atoms with Gasteiger partial charge in [-0.15, -0.1) is 0 Å². The molecule has 1 atom stereocenters. The van der Waals surface area contributed by atoms with Gasteiger partial charge in [-0.2, -0.15) is 0 Å². The molecule has 1 amide bonds. The number of hydrogen-bond donors (Lipinski definition) is 0. The number of nitrogens with zero attached hydrogens (tertiary/aromatic N) is 2. The van der Waals surface area contributed by atoms with Crippen LogP contribution < -0.4 is 4.74 Å². The number of benzene rings is 2. The lowest BCUT2D eigenvalue weighted by molar-refractivity contribution is 0.0387. The van der Waals surface area contributed by atoms with Crippen molar-refractivity contribution < 1.29 is 23.2 Å². The fraction of sp³-hybridized carbons (Fsp3) is 0.217. The first kappa shape index (κ1) is 19.7. The van der Waals surface area contributed by atoms with Gasteiger partial charge in [-0.1, -0.05) is 29.4 Å². The summed E-state index contributed by atoms with van der Waals surface area (Å²) in [5.74, 6) is 0.367. The summed E-state index contributed by atoms with van der Waals surface area (Å²) in [6.07, 6.45) is 1.67. The number of carbonyl (C=O) groups is 1. The Labute approximate surface area is 173 Å². The zero-order chi connectivity index (χ0) is 20.9. The van der Waals surface area contributed by atoms with Crippen LogP contribution in [0.25, 0.3) is 0 Å². The van der Waals surface area contributed by atoms with E-state index in [1.807, 2.05) is 24.3 Å². The van der Waals surface area contributed by atoms with Crippen LogP contribution in [0.5, 0.6) is 5.75 Å². The molecule has 6 nitrogen and oxygen atoms in total. The molecule has 1 aromatic heterocycles. The van der Waals surface area contributed by atoms with E-state index >= 15 is 0 Å². The summed E-state index contributed by atoms with van der Waals surface area (Å²) in [7, 11) is 1.61. The van der Waals surface area contributed by atoms with E-state index in [1.54, 1.807) is 36.3 Å². The number of methoxy groups -OCH3 is 1. The van der Waals surface area contributed by atoms with Crippen molar-refractivity contribution in [1.29, 1.82) is 0 Å². The fourth-order valence-electron chi connectivity index (χ4n) is 3.40. The predicted molar refractivity (Wildman–Crippen MR) is 109 cm³/mol. The van der Waals surface area contributed by atoms with Crippen molar-refractivity contribution in [3.05, 3.63) is 89.6 Å². The second kappa shape index (κ2) is 8.82. The highest BCUT2D eigenvalue weighted by molar-refractivity contribution is 6.03. The van der Waals surface area contributed by atoms with Gasteiger partial charge in [0.15, 0.2) is 11.9 Å². The van der Waals surface area contributed by atoms with Crippen LogP contribution in [0.3, 0.4) is 0 Å². The van der Waals surface area contributed by atoms with Crippen LogP contribution in [0.15, 0.2) is 76.5 Å². The highest BCUT2D eigenvalue weighted by Gasteiger charge is 2.29. The van der Waals surface area contributed by atoms with E-state index in [-0.39, 0.29) is 23.6 Å². The van der Waals surface area contributed by atoms with Crippen molar-refractivity contribution in [3.8, 4) is 5.75 Å². The Morgan fingerprint density at radius 1 is 1.17 bits per heavy atom. The SMILES string of the molecule is COc1ccccc1C1=NOC(CN(Cc2ccc(F)cc2)C(=O)c2ccco2)C1. The van der Waals surface area contributed by atoms with Gasteiger partial charge in [-0.25, -0.2) is 4.39 Å². The molecule has 0 N–H and O–H groups in total. The summed E-state index contributed by atoms with van der Waals surface area (Å²) in [5, 5.41) is 4.22. The molecule has 0 radical (unpaired) electrons. The number of furan rings is 1. The molecule has 0 saturated carbocycles.